The molecule has 4 heterocycles. The van der Waals surface area contributed by atoms with E-state index >= 15 is 0 Å². The number of carbonyl (C=O) groups excluding carboxylic acids is 1. The van der Waals surface area contributed by atoms with E-state index in [1.165, 1.54) is 17.5 Å². The van der Waals surface area contributed by atoms with Crippen LogP contribution in [0.25, 0.3) is 12.2 Å². The van der Waals surface area contributed by atoms with Gasteiger partial charge in [-0.1, -0.05) is 0 Å². The van der Waals surface area contributed by atoms with Crippen LogP contribution in [0.2, 0.25) is 0 Å². The predicted octanol–water partition coefficient (Wildman–Crippen LogP) is 4.08. The highest BCUT2D eigenvalue weighted by molar-refractivity contribution is 7.14. The summed E-state index contributed by atoms with van der Waals surface area (Å²) in [4.78, 5) is 25.3. The highest BCUT2D eigenvalue weighted by Crippen LogP contribution is 2.19. The monoisotopic (exact) mass is 412 g/mol. The molecule has 0 aliphatic carbocycles. The predicted molar refractivity (Wildman–Crippen MR) is 116 cm³/mol. The molecule has 146 valence electrons. The third-order valence-corrected chi connectivity index (χ3v) is 5.02. The van der Waals surface area contributed by atoms with Gasteiger partial charge in [0.2, 0.25) is 0 Å². The van der Waals surface area contributed by atoms with Crippen LogP contribution >= 0.6 is 11.3 Å². The Morgan fingerprint density at radius 1 is 1.17 bits per heavy atom. The number of nitrogens with one attached hydrogen (secondary N) is 1. The van der Waals surface area contributed by atoms with Crippen LogP contribution in [-0.2, 0) is 6.54 Å². The van der Waals surface area contributed by atoms with E-state index in [0.29, 0.717) is 28.6 Å². The summed E-state index contributed by atoms with van der Waals surface area (Å²) >= 11 is 1.35. The van der Waals surface area contributed by atoms with Crippen LogP contribution in [-0.4, -0.2) is 25.4 Å². The fourth-order valence-electron chi connectivity index (χ4n) is 2.77. The van der Waals surface area contributed by atoms with Crippen LogP contribution in [0.4, 0.5) is 5.13 Å². The van der Waals surface area contributed by atoms with Crippen molar-refractivity contribution in [1.29, 1.82) is 5.26 Å². The third kappa shape index (κ3) is 4.66. The molecule has 0 atom stereocenters. The molecule has 0 bridgehead atoms. The number of carbonyl (C=O) groups is 1. The minimum atomic E-state index is -0.215. The lowest BCUT2D eigenvalue weighted by Crippen LogP contribution is -2.17. The van der Waals surface area contributed by atoms with E-state index in [0.717, 1.165) is 11.3 Å². The molecule has 0 spiro atoms. The average Bonchev–Trinajstić information content (AvgIpc) is 3.43. The number of anilines is 1. The van der Waals surface area contributed by atoms with E-state index in [4.69, 9.17) is 5.26 Å². The summed E-state index contributed by atoms with van der Waals surface area (Å²) in [6.45, 7) is 0.585. The number of aromatic nitrogens is 4. The molecule has 0 saturated carbocycles. The second-order valence-electron chi connectivity index (χ2n) is 6.33. The van der Waals surface area contributed by atoms with E-state index in [-0.39, 0.29) is 5.91 Å². The smallest absolute Gasteiger partial charge is 0.274 e. The Bertz CT molecular complexity index is 1220. The second kappa shape index (κ2) is 8.94. The lowest BCUT2D eigenvalue weighted by Gasteiger charge is -2.08. The van der Waals surface area contributed by atoms with Gasteiger partial charge in [0.05, 0.1) is 17.0 Å². The summed E-state index contributed by atoms with van der Waals surface area (Å²) in [7, 11) is 0. The summed E-state index contributed by atoms with van der Waals surface area (Å²) in [6.07, 6.45) is 10.5. The van der Waals surface area contributed by atoms with Gasteiger partial charge in [0.15, 0.2) is 5.13 Å². The summed E-state index contributed by atoms with van der Waals surface area (Å²) in [6, 6.07) is 13.0. The first kappa shape index (κ1) is 19.2. The minimum absolute atomic E-state index is 0.215. The van der Waals surface area contributed by atoms with Crippen molar-refractivity contribution < 1.29 is 4.79 Å². The Morgan fingerprint density at radius 3 is 2.77 bits per heavy atom. The Labute approximate surface area is 177 Å². The maximum atomic E-state index is 12.7. The lowest BCUT2D eigenvalue weighted by molar-refractivity contribution is 0.101. The second-order valence-corrected chi connectivity index (χ2v) is 7.18. The number of nitriles is 1. The summed E-state index contributed by atoms with van der Waals surface area (Å²) in [5.74, 6) is -0.215. The van der Waals surface area contributed by atoms with Crippen LogP contribution < -0.4 is 5.32 Å². The molecule has 8 heteroatoms. The molecule has 4 aromatic heterocycles. The van der Waals surface area contributed by atoms with Gasteiger partial charge in [-0.3, -0.25) is 20.1 Å². The largest absolute Gasteiger partial charge is 0.339 e. The maximum absolute atomic E-state index is 12.7. The molecule has 0 radical (unpaired) electrons. The summed E-state index contributed by atoms with van der Waals surface area (Å²) < 4.78 is 1.88. The molecule has 30 heavy (non-hydrogen) atoms. The first-order chi connectivity index (χ1) is 14.7. The Kier molecular flexibility index (Phi) is 5.73. The molecule has 4 rings (SSSR count). The highest BCUT2D eigenvalue weighted by atomic mass is 32.1. The minimum Gasteiger partial charge on any atom is -0.339 e. The maximum Gasteiger partial charge on any atom is 0.274 e. The fourth-order valence-corrected chi connectivity index (χ4v) is 3.44. The molecule has 0 fully saturated rings. The van der Waals surface area contributed by atoms with E-state index < -0.39 is 0 Å². The van der Waals surface area contributed by atoms with Gasteiger partial charge in [0.1, 0.15) is 11.8 Å². The number of nitrogens with zero attached hydrogens (tertiary/aromatic N) is 5. The zero-order valence-corrected chi connectivity index (χ0v) is 16.6. The summed E-state index contributed by atoms with van der Waals surface area (Å²) in [5, 5.41) is 14.0. The average molecular weight is 412 g/mol. The molecule has 4 aromatic rings. The quantitative estimate of drug-likeness (QED) is 0.515. The van der Waals surface area contributed by atoms with Gasteiger partial charge in [-0.05, 0) is 54.1 Å². The van der Waals surface area contributed by atoms with Crippen molar-refractivity contribution in [2.24, 2.45) is 0 Å². The van der Waals surface area contributed by atoms with Crippen molar-refractivity contribution in [3.63, 3.8) is 0 Å². The van der Waals surface area contributed by atoms with Crippen molar-refractivity contribution in [2.75, 3.05) is 5.32 Å². The normalized spacial score (nSPS) is 10.8. The van der Waals surface area contributed by atoms with E-state index in [1.54, 1.807) is 30.6 Å². The van der Waals surface area contributed by atoms with E-state index in [2.05, 4.69) is 20.3 Å². The van der Waals surface area contributed by atoms with Crippen molar-refractivity contribution >= 4 is 34.5 Å². The van der Waals surface area contributed by atoms with Crippen molar-refractivity contribution in [3.05, 3.63) is 94.8 Å². The first-order valence-corrected chi connectivity index (χ1v) is 9.94. The van der Waals surface area contributed by atoms with E-state index in [9.17, 15) is 4.79 Å². The molecule has 0 aliphatic heterocycles. The van der Waals surface area contributed by atoms with Crippen molar-refractivity contribution in [1.82, 2.24) is 19.5 Å². The molecule has 7 nitrogen and oxygen atoms in total. The Hall–Kier alpha value is -4.09. The fraction of sp³-hybridized carbons (Fsp3) is 0.0455. The first-order valence-electron chi connectivity index (χ1n) is 9.06. The van der Waals surface area contributed by atoms with Crippen LogP contribution in [0, 0.1) is 11.3 Å². The molecular weight excluding hydrogens is 396 g/mol. The molecular formula is C22H16N6OS. The highest BCUT2D eigenvalue weighted by Gasteiger charge is 2.13. The van der Waals surface area contributed by atoms with Gasteiger partial charge in [-0.25, -0.2) is 4.98 Å². The van der Waals surface area contributed by atoms with Crippen LogP contribution in [0.1, 0.15) is 33.0 Å². The van der Waals surface area contributed by atoms with Crippen LogP contribution in [0.15, 0.2) is 66.6 Å². The Morgan fingerprint density at radius 2 is 2.00 bits per heavy atom. The number of pyridine rings is 2. The molecule has 0 unspecified atom stereocenters. The number of rotatable bonds is 6. The van der Waals surface area contributed by atoms with Gasteiger partial charge < -0.3 is 4.57 Å². The number of hydrogen-bond donors (Lipinski definition) is 1. The van der Waals surface area contributed by atoms with Gasteiger partial charge in [-0.2, -0.15) is 5.26 Å². The van der Waals surface area contributed by atoms with E-state index in [1.807, 2.05) is 52.6 Å². The number of thiazole rings is 1. The van der Waals surface area contributed by atoms with Gasteiger partial charge >= 0.3 is 0 Å². The number of amides is 1. The van der Waals surface area contributed by atoms with Crippen LogP contribution in [0.5, 0.6) is 0 Å². The third-order valence-electron chi connectivity index (χ3n) is 4.25. The van der Waals surface area contributed by atoms with Gasteiger partial charge in [-0.15, -0.1) is 11.3 Å². The molecule has 1 N–H and O–H groups in total. The van der Waals surface area contributed by atoms with Crippen molar-refractivity contribution in [2.45, 2.75) is 6.54 Å². The zero-order valence-electron chi connectivity index (χ0n) is 15.8. The van der Waals surface area contributed by atoms with Gasteiger partial charge in [0, 0.05) is 36.7 Å². The topological polar surface area (TPSA) is 96.5 Å². The summed E-state index contributed by atoms with van der Waals surface area (Å²) in [5.41, 5.74) is 3.57. The lowest BCUT2D eigenvalue weighted by atomic mass is 10.2. The standard InChI is InChI=1S/C22H16N6OS/c23-12-17-3-4-18(25-13-17)5-6-19-15-30-22(26-19)27-21(29)20-2-1-11-28(20)14-16-7-9-24-10-8-16/h1-11,13,15H,14H2,(H,26,27,29)/b6-5+. The molecule has 0 aromatic carbocycles. The zero-order chi connectivity index (χ0) is 20.8. The van der Waals surface area contributed by atoms with Crippen molar-refractivity contribution in [3.8, 4) is 6.07 Å². The number of hydrogen-bond acceptors (Lipinski definition) is 6. The Balaban J connectivity index is 1.41. The SMILES string of the molecule is N#Cc1ccc(/C=C/c2csc(NC(=O)c3cccn3Cc3ccncc3)n2)nc1. The van der Waals surface area contributed by atoms with Crippen LogP contribution in [0.3, 0.4) is 0 Å². The van der Waals surface area contributed by atoms with Gasteiger partial charge in [0.25, 0.3) is 5.91 Å². The molecule has 0 saturated heterocycles. The molecule has 1 amide bonds. The molecule has 0 aliphatic rings.